The first kappa shape index (κ1) is 14.4. The monoisotopic (exact) mass is 310 g/mol. The van der Waals surface area contributed by atoms with E-state index in [0.717, 1.165) is 4.31 Å². The van der Waals surface area contributed by atoms with Gasteiger partial charge in [-0.15, -0.1) is 0 Å². The molecule has 0 unspecified atom stereocenters. The van der Waals surface area contributed by atoms with E-state index in [0.29, 0.717) is 10.9 Å². The van der Waals surface area contributed by atoms with Gasteiger partial charge in [0.05, 0.1) is 23.1 Å². The molecule has 1 saturated heterocycles. The van der Waals surface area contributed by atoms with Gasteiger partial charge in [-0.25, -0.2) is 12.8 Å². The molecule has 7 heteroatoms. The topological polar surface area (TPSA) is 70.5 Å². The van der Waals surface area contributed by atoms with Crippen molar-refractivity contribution in [3.05, 3.63) is 36.5 Å². The summed E-state index contributed by atoms with van der Waals surface area (Å²) < 4.78 is 40.2. The molecule has 3 rings (SSSR count). The van der Waals surface area contributed by atoms with Gasteiger partial charge in [0.25, 0.3) is 0 Å². The molecule has 1 aliphatic heterocycles. The molecule has 0 aliphatic carbocycles. The highest BCUT2D eigenvalue weighted by Gasteiger charge is 2.40. The lowest BCUT2D eigenvalue weighted by molar-refractivity contribution is 0.213. The van der Waals surface area contributed by atoms with Gasteiger partial charge in [0.15, 0.2) is 0 Å². The van der Waals surface area contributed by atoms with E-state index in [1.807, 2.05) is 0 Å². The molecule has 21 heavy (non-hydrogen) atoms. The van der Waals surface area contributed by atoms with E-state index in [-0.39, 0.29) is 24.5 Å². The molecule has 2 atom stereocenters. The quantitative estimate of drug-likeness (QED) is 0.928. The van der Waals surface area contributed by atoms with Gasteiger partial charge in [-0.05, 0) is 30.7 Å². The molecule has 0 amide bonds. The second kappa shape index (κ2) is 5.32. The average molecular weight is 310 g/mol. The molecule has 1 N–H and O–H groups in total. The number of aliphatic hydroxyl groups is 1. The van der Waals surface area contributed by atoms with Crippen LogP contribution < -0.4 is 0 Å². The van der Waals surface area contributed by atoms with E-state index in [1.54, 1.807) is 30.5 Å². The van der Waals surface area contributed by atoms with E-state index in [4.69, 9.17) is 0 Å². The minimum Gasteiger partial charge on any atom is -0.395 e. The van der Waals surface area contributed by atoms with Crippen LogP contribution in [0.25, 0.3) is 10.9 Å². The summed E-state index contributed by atoms with van der Waals surface area (Å²) in [6.45, 7) is -0.604. The van der Waals surface area contributed by atoms with Gasteiger partial charge < -0.3 is 5.11 Å². The summed E-state index contributed by atoms with van der Waals surface area (Å²) >= 11 is 0. The third-order valence-electron chi connectivity index (χ3n) is 3.72. The standard InChI is InChI=1S/C14H15FN2O3S/c15-10-7-11(9-18)17(8-10)21(19,20)14-5-1-4-13-12(14)3-2-6-16-13/h1-6,10-11,18H,7-9H2/t10-,11-/m0/s1. The normalized spacial score (nSPS) is 23.7. The fraction of sp³-hybridized carbons (Fsp3) is 0.357. The maximum atomic E-state index is 13.5. The highest BCUT2D eigenvalue weighted by atomic mass is 32.2. The number of aliphatic hydroxyl groups excluding tert-OH is 1. The predicted molar refractivity (Wildman–Crippen MR) is 76.0 cm³/mol. The smallest absolute Gasteiger partial charge is 0.244 e. The lowest BCUT2D eigenvalue weighted by Gasteiger charge is -2.22. The molecular weight excluding hydrogens is 295 g/mol. The molecule has 0 spiro atoms. The van der Waals surface area contributed by atoms with Gasteiger partial charge in [-0.2, -0.15) is 4.31 Å². The first-order valence-electron chi connectivity index (χ1n) is 6.64. The minimum absolute atomic E-state index is 0.0265. The molecule has 1 fully saturated rings. The highest BCUT2D eigenvalue weighted by Crippen LogP contribution is 2.30. The molecule has 2 heterocycles. The second-order valence-corrected chi connectivity index (χ2v) is 6.93. The Morgan fingerprint density at radius 1 is 1.33 bits per heavy atom. The number of pyridine rings is 1. The van der Waals surface area contributed by atoms with Gasteiger partial charge in [0, 0.05) is 18.1 Å². The van der Waals surface area contributed by atoms with Crippen LogP contribution >= 0.6 is 0 Å². The summed E-state index contributed by atoms with van der Waals surface area (Å²) in [5.41, 5.74) is 0.565. The van der Waals surface area contributed by atoms with Gasteiger partial charge >= 0.3 is 0 Å². The molecule has 2 aromatic rings. The Morgan fingerprint density at radius 2 is 2.14 bits per heavy atom. The third-order valence-corrected chi connectivity index (χ3v) is 5.69. The van der Waals surface area contributed by atoms with Crippen LogP contribution in [0.2, 0.25) is 0 Å². The number of alkyl halides is 1. The summed E-state index contributed by atoms with van der Waals surface area (Å²) in [6.07, 6.45) is 0.367. The van der Waals surface area contributed by atoms with Crippen LogP contribution in [0.1, 0.15) is 6.42 Å². The van der Waals surface area contributed by atoms with Crippen LogP contribution in [0.4, 0.5) is 4.39 Å². The molecule has 1 aromatic heterocycles. The van der Waals surface area contributed by atoms with Gasteiger partial charge in [0.2, 0.25) is 10.0 Å². The number of halogens is 1. The average Bonchev–Trinajstić information content (AvgIpc) is 2.88. The van der Waals surface area contributed by atoms with Gasteiger partial charge in [0.1, 0.15) is 6.17 Å². The summed E-state index contributed by atoms with van der Waals surface area (Å²) in [7, 11) is -3.87. The number of hydrogen-bond donors (Lipinski definition) is 1. The van der Waals surface area contributed by atoms with Crippen molar-refractivity contribution < 1.29 is 17.9 Å². The fourth-order valence-electron chi connectivity index (χ4n) is 2.72. The van der Waals surface area contributed by atoms with E-state index in [9.17, 15) is 17.9 Å². The largest absolute Gasteiger partial charge is 0.395 e. The number of rotatable bonds is 3. The van der Waals surface area contributed by atoms with Gasteiger partial charge in [-0.1, -0.05) is 6.07 Å². The maximum absolute atomic E-state index is 13.5. The van der Waals surface area contributed by atoms with Crippen LogP contribution in [0.5, 0.6) is 0 Å². The van der Waals surface area contributed by atoms with Crippen molar-refractivity contribution in [2.24, 2.45) is 0 Å². The summed E-state index contributed by atoms with van der Waals surface area (Å²) in [5, 5.41) is 9.79. The first-order chi connectivity index (χ1) is 10.0. The number of benzene rings is 1. The lowest BCUT2D eigenvalue weighted by Crippen LogP contribution is -2.37. The Kier molecular flexibility index (Phi) is 3.64. The number of sulfonamides is 1. The Labute approximate surface area is 122 Å². The SMILES string of the molecule is O=S(=O)(c1cccc2ncccc12)N1C[C@@H](F)C[C@H]1CO. The van der Waals surface area contributed by atoms with Crippen molar-refractivity contribution in [1.82, 2.24) is 9.29 Å². The van der Waals surface area contributed by atoms with Crippen LogP contribution in [0.15, 0.2) is 41.4 Å². The second-order valence-electron chi connectivity index (χ2n) is 5.07. The number of hydrogen-bond acceptors (Lipinski definition) is 4. The Bertz CT molecular complexity index is 760. The molecule has 0 saturated carbocycles. The van der Waals surface area contributed by atoms with Gasteiger partial charge in [-0.3, -0.25) is 4.98 Å². The minimum atomic E-state index is -3.87. The first-order valence-corrected chi connectivity index (χ1v) is 8.08. The van der Waals surface area contributed by atoms with Crippen molar-refractivity contribution in [1.29, 1.82) is 0 Å². The van der Waals surface area contributed by atoms with Crippen molar-refractivity contribution in [2.45, 2.75) is 23.5 Å². The summed E-state index contributed by atoms with van der Waals surface area (Å²) in [5.74, 6) is 0. The third kappa shape index (κ3) is 2.41. The number of aromatic nitrogens is 1. The van der Waals surface area contributed by atoms with Crippen LogP contribution in [-0.2, 0) is 10.0 Å². The van der Waals surface area contributed by atoms with Crippen molar-refractivity contribution >= 4 is 20.9 Å². The molecular formula is C14H15FN2O3S. The van der Waals surface area contributed by atoms with Crippen LogP contribution in [0.3, 0.4) is 0 Å². The molecule has 1 aliphatic rings. The zero-order valence-electron chi connectivity index (χ0n) is 11.2. The summed E-state index contributed by atoms with van der Waals surface area (Å²) in [6, 6.07) is 7.44. The lowest BCUT2D eigenvalue weighted by atomic mass is 10.2. The van der Waals surface area contributed by atoms with E-state index in [1.165, 1.54) is 6.07 Å². The zero-order chi connectivity index (χ0) is 15.0. The Morgan fingerprint density at radius 3 is 2.90 bits per heavy atom. The van der Waals surface area contributed by atoms with E-state index < -0.39 is 22.2 Å². The summed E-state index contributed by atoms with van der Waals surface area (Å²) in [4.78, 5) is 4.23. The molecule has 112 valence electrons. The number of fused-ring (bicyclic) bond motifs is 1. The number of nitrogens with zero attached hydrogens (tertiary/aromatic N) is 2. The van der Waals surface area contributed by atoms with Crippen molar-refractivity contribution in [3.63, 3.8) is 0 Å². The van der Waals surface area contributed by atoms with E-state index in [2.05, 4.69) is 4.98 Å². The Balaban J connectivity index is 2.13. The predicted octanol–water partition coefficient (Wildman–Crippen LogP) is 1.33. The maximum Gasteiger partial charge on any atom is 0.244 e. The fourth-order valence-corrected chi connectivity index (χ4v) is 4.57. The van der Waals surface area contributed by atoms with E-state index >= 15 is 0 Å². The zero-order valence-corrected chi connectivity index (χ0v) is 12.0. The highest BCUT2D eigenvalue weighted by molar-refractivity contribution is 7.89. The van der Waals surface area contributed by atoms with Crippen LogP contribution in [0, 0.1) is 0 Å². The van der Waals surface area contributed by atoms with Crippen LogP contribution in [-0.4, -0.2) is 48.2 Å². The van der Waals surface area contributed by atoms with Crippen molar-refractivity contribution in [3.8, 4) is 0 Å². The molecule has 0 bridgehead atoms. The molecule has 1 aromatic carbocycles. The Hall–Kier alpha value is -1.57. The molecule has 0 radical (unpaired) electrons. The molecule has 5 nitrogen and oxygen atoms in total. The van der Waals surface area contributed by atoms with Crippen molar-refractivity contribution in [2.75, 3.05) is 13.2 Å².